The van der Waals surface area contributed by atoms with Gasteiger partial charge < -0.3 is 10.1 Å². The number of hydrogen-bond donors (Lipinski definition) is 1. The van der Waals surface area contributed by atoms with Crippen molar-refractivity contribution in [3.63, 3.8) is 0 Å². The van der Waals surface area contributed by atoms with Gasteiger partial charge in [0.25, 0.3) is 0 Å². The molecule has 1 N–H and O–H groups in total. The van der Waals surface area contributed by atoms with E-state index in [1.54, 1.807) is 0 Å². The van der Waals surface area contributed by atoms with Crippen LogP contribution in [0.15, 0.2) is 67.0 Å². The number of rotatable bonds is 9. The van der Waals surface area contributed by atoms with Crippen molar-refractivity contribution in [1.29, 1.82) is 0 Å². The van der Waals surface area contributed by atoms with Crippen LogP contribution >= 0.6 is 0 Å². The van der Waals surface area contributed by atoms with E-state index in [4.69, 9.17) is 4.74 Å². The smallest absolute Gasteiger partial charge is 0.220 e. The minimum Gasteiger partial charge on any atom is -0.494 e. The van der Waals surface area contributed by atoms with Gasteiger partial charge in [-0.15, -0.1) is 0 Å². The summed E-state index contributed by atoms with van der Waals surface area (Å²) in [7, 11) is 0. The van der Waals surface area contributed by atoms with Crippen molar-refractivity contribution in [3.05, 3.63) is 78.1 Å². The maximum atomic E-state index is 12.0. The van der Waals surface area contributed by atoms with Gasteiger partial charge in [-0.25, -0.2) is 4.68 Å². The van der Waals surface area contributed by atoms with Gasteiger partial charge in [0.1, 0.15) is 5.75 Å². The lowest BCUT2D eigenvalue weighted by molar-refractivity contribution is -0.121. The zero-order valence-corrected chi connectivity index (χ0v) is 15.6. The molecule has 0 spiro atoms. The van der Waals surface area contributed by atoms with Crippen LogP contribution in [-0.4, -0.2) is 28.8 Å². The van der Waals surface area contributed by atoms with Crippen molar-refractivity contribution in [2.24, 2.45) is 0 Å². The van der Waals surface area contributed by atoms with Crippen molar-refractivity contribution in [3.8, 4) is 11.4 Å². The summed E-state index contributed by atoms with van der Waals surface area (Å²) in [6.45, 7) is 3.24. The maximum Gasteiger partial charge on any atom is 0.220 e. The lowest BCUT2D eigenvalue weighted by atomic mass is 10.1. The molecule has 1 amide bonds. The van der Waals surface area contributed by atoms with E-state index in [1.807, 2.05) is 78.6 Å². The Morgan fingerprint density at radius 2 is 1.81 bits per heavy atom. The van der Waals surface area contributed by atoms with Crippen LogP contribution in [0, 0.1) is 0 Å². The molecular formula is C22H25N3O2. The van der Waals surface area contributed by atoms with Gasteiger partial charge in [0.05, 0.1) is 18.5 Å². The second kappa shape index (κ2) is 9.57. The number of aryl methyl sites for hydroxylation is 1. The number of nitrogens with one attached hydrogen (secondary N) is 1. The van der Waals surface area contributed by atoms with E-state index in [9.17, 15) is 4.79 Å². The second-order valence-electron chi connectivity index (χ2n) is 6.31. The third-order valence-corrected chi connectivity index (χ3v) is 4.27. The van der Waals surface area contributed by atoms with Gasteiger partial charge in [-0.3, -0.25) is 4.79 Å². The van der Waals surface area contributed by atoms with Gasteiger partial charge in [0.2, 0.25) is 5.91 Å². The molecule has 0 aliphatic rings. The number of carbonyl (C=O) groups excluding carboxylic acids is 1. The number of hydrogen-bond acceptors (Lipinski definition) is 3. The Bertz CT molecular complexity index is 842. The molecule has 0 aliphatic carbocycles. The van der Waals surface area contributed by atoms with E-state index in [0.717, 1.165) is 35.4 Å². The van der Waals surface area contributed by atoms with Crippen LogP contribution in [0.1, 0.15) is 24.5 Å². The zero-order valence-electron chi connectivity index (χ0n) is 15.6. The van der Waals surface area contributed by atoms with E-state index in [1.165, 1.54) is 0 Å². The van der Waals surface area contributed by atoms with E-state index >= 15 is 0 Å². The number of ether oxygens (including phenoxy) is 1. The van der Waals surface area contributed by atoms with Gasteiger partial charge in [0, 0.05) is 19.2 Å². The molecule has 0 aliphatic heterocycles. The van der Waals surface area contributed by atoms with Crippen LogP contribution < -0.4 is 10.1 Å². The summed E-state index contributed by atoms with van der Waals surface area (Å²) >= 11 is 0. The maximum absolute atomic E-state index is 12.0. The fourth-order valence-corrected chi connectivity index (χ4v) is 2.82. The van der Waals surface area contributed by atoms with E-state index in [0.29, 0.717) is 19.6 Å². The fourth-order valence-electron chi connectivity index (χ4n) is 2.82. The Morgan fingerprint density at radius 1 is 1.04 bits per heavy atom. The first-order valence-electron chi connectivity index (χ1n) is 9.32. The van der Waals surface area contributed by atoms with Gasteiger partial charge >= 0.3 is 0 Å². The fraction of sp³-hybridized carbons (Fsp3) is 0.273. The Morgan fingerprint density at radius 3 is 2.56 bits per heavy atom. The first-order valence-corrected chi connectivity index (χ1v) is 9.32. The second-order valence-corrected chi connectivity index (χ2v) is 6.31. The number of amides is 1. The van der Waals surface area contributed by atoms with Gasteiger partial charge in [-0.05, 0) is 55.2 Å². The molecule has 0 atom stereocenters. The number of aromatic nitrogens is 2. The highest BCUT2D eigenvalue weighted by Gasteiger charge is 2.04. The van der Waals surface area contributed by atoms with Crippen molar-refractivity contribution in [2.45, 2.75) is 26.2 Å². The standard InChI is InChI=1S/C22H25N3O2/c1-2-27-21-11-8-18(9-12-21)10-13-22(26)23-15-14-19-16-24-25(17-19)20-6-4-3-5-7-20/h3-9,11-12,16-17H,2,10,13-15H2,1H3,(H,23,26). The van der Waals surface area contributed by atoms with Crippen molar-refractivity contribution < 1.29 is 9.53 Å². The summed E-state index contributed by atoms with van der Waals surface area (Å²) in [4.78, 5) is 12.0. The normalized spacial score (nSPS) is 10.6. The highest BCUT2D eigenvalue weighted by atomic mass is 16.5. The predicted octanol–water partition coefficient (Wildman–Crippen LogP) is 3.56. The molecule has 1 aromatic heterocycles. The van der Waals surface area contributed by atoms with Crippen LogP contribution in [0.3, 0.4) is 0 Å². The topological polar surface area (TPSA) is 56.1 Å². The molecule has 5 heteroatoms. The largest absolute Gasteiger partial charge is 0.494 e. The average Bonchev–Trinajstić information content (AvgIpc) is 3.17. The van der Waals surface area contributed by atoms with Gasteiger partial charge in [-0.2, -0.15) is 5.10 Å². The van der Waals surface area contributed by atoms with Crippen LogP contribution in [-0.2, 0) is 17.6 Å². The predicted molar refractivity (Wildman–Crippen MR) is 106 cm³/mol. The highest BCUT2D eigenvalue weighted by molar-refractivity contribution is 5.76. The summed E-state index contributed by atoms with van der Waals surface area (Å²) in [6.07, 6.45) is 5.82. The summed E-state index contributed by atoms with van der Waals surface area (Å²) < 4.78 is 7.28. The van der Waals surface area contributed by atoms with Gasteiger partial charge in [0.15, 0.2) is 0 Å². The molecule has 0 radical (unpaired) electrons. The minimum absolute atomic E-state index is 0.0688. The molecule has 140 valence electrons. The van der Waals surface area contributed by atoms with E-state index in [2.05, 4.69) is 10.4 Å². The Kier molecular flexibility index (Phi) is 6.63. The van der Waals surface area contributed by atoms with Crippen molar-refractivity contribution in [2.75, 3.05) is 13.2 Å². The van der Waals surface area contributed by atoms with Crippen molar-refractivity contribution in [1.82, 2.24) is 15.1 Å². The summed E-state index contributed by atoms with van der Waals surface area (Å²) in [5.74, 6) is 0.932. The summed E-state index contributed by atoms with van der Waals surface area (Å²) in [6, 6.07) is 17.9. The summed E-state index contributed by atoms with van der Waals surface area (Å²) in [5.41, 5.74) is 3.27. The SMILES string of the molecule is CCOc1ccc(CCC(=O)NCCc2cnn(-c3ccccc3)c2)cc1. The van der Waals surface area contributed by atoms with Crippen LogP contribution in [0.4, 0.5) is 0 Å². The van der Waals surface area contributed by atoms with Crippen LogP contribution in [0.2, 0.25) is 0 Å². The number of carbonyl (C=O) groups is 1. The molecule has 0 saturated heterocycles. The van der Waals surface area contributed by atoms with Gasteiger partial charge in [-0.1, -0.05) is 30.3 Å². The highest BCUT2D eigenvalue weighted by Crippen LogP contribution is 2.13. The molecule has 5 nitrogen and oxygen atoms in total. The molecule has 3 rings (SSSR count). The molecular weight excluding hydrogens is 338 g/mol. The Balaban J connectivity index is 1.39. The molecule has 0 fully saturated rings. The molecule has 0 saturated carbocycles. The third kappa shape index (κ3) is 5.71. The molecule has 0 bridgehead atoms. The lowest BCUT2D eigenvalue weighted by Crippen LogP contribution is -2.25. The van der Waals surface area contributed by atoms with Crippen LogP contribution in [0.25, 0.3) is 5.69 Å². The molecule has 1 heterocycles. The number of nitrogens with zero attached hydrogens (tertiary/aromatic N) is 2. The number of benzene rings is 2. The Hall–Kier alpha value is -3.08. The number of para-hydroxylation sites is 1. The third-order valence-electron chi connectivity index (χ3n) is 4.27. The first kappa shape index (κ1) is 18.7. The lowest BCUT2D eigenvalue weighted by Gasteiger charge is -2.06. The average molecular weight is 363 g/mol. The molecule has 2 aromatic carbocycles. The minimum atomic E-state index is 0.0688. The zero-order chi connectivity index (χ0) is 18.9. The monoisotopic (exact) mass is 363 g/mol. The van der Waals surface area contributed by atoms with E-state index in [-0.39, 0.29) is 5.91 Å². The molecule has 3 aromatic rings. The quantitative estimate of drug-likeness (QED) is 0.632. The molecule has 27 heavy (non-hydrogen) atoms. The molecule has 0 unspecified atom stereocenters. The summed E-state index contributed by atoms with van der Waals surface area (Å²) in [5, 5.41) is 7.36. The van der Waals surface area contributed by atoms with E-state index < -0.39 is 0 Å². The van der Waals surface area contributed by atoms with Crippen molar-refractivity contribution >= 4 is 5.91 Å². The van der Waals surface area contributed by atoms with Crippen LogP contribution in [0.5, 0.6) is 5.75 Å². The Labute approximate surface area is 160 Å². The first-order chi connectivity index (χ1) is 13.2.